The van der Waals surface area contributed by atoms with E-state index in [1.807, 2.05) is 0 Å². The first kappa shape index (κ1) is 19.4. The van der Waals surface area contributed by atoms with E-state index in [0.29, 0.717) is 33.8 Å². The molecule has 0 saturated carbocycles. The van der Waals surface area contributed by atoms with Crippen molar-refractivity contribution in [3.8, 4) is 11.4 Å². The lowest BCUT2D eigenvalue weighted by molar-refractivity contribution is 0.0941. The summed E-state index contributed by atoms with van der Waals surface area (Å²) in [5.74, 6) is 0.998. The lowest BCUT2D eigenvalue weighted by Crippen LogP contribution is -2.52. The predicted octanol–water partition coefficient (Wildman–Crippen LogP) is 3.73. The van der Waals surface area contributed by atoms with Crippen LogP contribution in [0.2, 0.25) is 10.0 Å². The van der Waals surface area contributed by atoms with Gasteiger partial charge in [0.1, 0.15) is 0 Å². The van der Waals surface area contributed by atoms with Gasteiger partial charge in [0, 0.05) is 54.4 Å². The van der Waals surface area contributed by atoms with Crippen LogP contribution < -0.4 is 5.32 Å². The molecule has 1 aromatic carbocycles. The average molecular weight is 398 g/mol. The number of nitrogens with one attached hydrogen (secondary N) is 1. The molecule has 0 amide bonds. The second kappa shape index (κ2) is 8.57. The van der Waals surface area contributed by atoms with Crippen molar-refractivity contribution in [1.29, 1.82) is 0 Å². The molecule has 1 N–H and O–H groups in total. The van der Waals surface area contributed by atoms with Crippen LogP contribution in [0.3, 0.4) is 0 Å². The van der Waals surface area contributed by atoms with E-state index in [4.69, 9.17) is 27.7 Å². The first-order valence-electron chi connectivity index (χ1n) is 8.89. The maximum Gasteiger partial charge on any atom is 0.321 e. The van der Waals surface area contributed by atoms with Crippen molar-refractivity contribution in [1.82, 2.24) is 19.9 Å². The standard InChI is InChI=1S/C18H25Cl2N5O/c1-12(2)16(25-6-4-24(3)5-7-25)11-21-18-22-17(23-26-18)13-8-14(19)10-15(20)9-13/h8-10,12,16H,4-7,11H2,1-3H3,(H,21,22,23). The van der Waals surface area contributed by atoms with E-state index in [1.165, 1.54) is 0 Å². The minimum Gasteiger partial charge on any atom is -0.336 e. The highest BCUT2D eigenvalue weighted by atomic mass is 35.5. The summed E-state index contributed by atoms with van der Waals surface area (Å²) in [7, 11) is 2.17. The van der Waals surface area contributed by atoms with Gasteiger partial charge in [0.15, 0.2) is 0 Å². The second-order valence-corrected chi connectivity index (χ2v) is 7.99. The van der Waals surface area contributed by atoms with E-state index in [-0.39, 0.29) is 0 Å². The minimum atomic E-state index is 0.413. The van der Waals surface area contributed by atoms with Crippen LogP contribution in [0.4, 0.5) is 6.01 Å². The fourth-order valence-corrected chi connectivity index (χ4v) is 3.75. The summed E-state index contributed by atoms with van der Waals surface area (Å²) in [5, 5.41) is 8.41. The van der Waals surface area contributed by atoms with Gasteiger partial charge in [-0.05, 0) is 31.2 Å². The molecular formula is C18H25Cl2N5O. The Labute approximate surface area is 164 Å². The number of halogens is 2. The van der Waals surface area contributed by atoms with E-state index in [1.54, 1.807) is 18.2 Å². The molecule has 2 aromatic rings. The predicted molar refractivity (Wildman–Crippen MR) is 106 cm³/mol. The normalized spacial score (nSPS) is 17.6. The Morgan fingerprint density at radius 1 is 1.12 bits per heavy atom. The summed E-state index contributed by atoms with van der Waals surface area (Å²) in [6, 6.07) is 6.04. The number of benzene rings is 1. The molecule has 1 aliphatic heterocycles. The minimum absolute atomic E-state index is 0.413. The topological polar surface area (TPSA) is 57.4 Å². The molecule has 142 valence electrons. The molecule has 1 atom stereocenters. The van der Waals surface area contributed by atoms with Crippen LogP contribution in [-0.2, 0) is 0 Å². The number of hydrogen-bond acceptors (Lipinski definition) is 6. The summed E-state index contributed by atoms with van der Waals surface area (Å²) < 4.78 is 5.35. The van der Waals surface area contributed by atoms with Crippen molar-refractivity contribution < 1.29 is 4.52 Å². The van der Waals surface area contributed by atoms with Crippen molar-refractivity contribution in [2.24, 2.45) is 5.92 Å². The third-order valence-electron chi connectivity index (χ3n) is 4.79. The molecule has 6 nitrogen and oxygen atoms in total. The molecule has 1 fully saturated rings. The van der Waals surface area contributed by atoms with E-state index in [2.05, 4.69) is 46.2 Å². The zero-order valence-corrected chi connectivity index (χ0v) is 16.9. The van der Waals surface area contributed by atoms with Crippen molar-refractivity contribution >= 4 is 29.2 Å². The van der Waals surface area contributed by atoms with Gasteiger partial charge in [0.25, 0.3) is 0 Å². The zero-order chi connectivity index (χ0) is 18.7. The van der Waals surface area contributed by atoms with Crippen LogP contribution >= 0.6 is 23.2 Å². The Hall–Kier alpha value is -1.34. The van der Waals surface area contributed by atoms with Crippen molar-refractivity contribution in [2.75, 3.05) is 45.1 Å². The fraction of sp³-hybridized carbons (Fsp3) is 0.556. The Balaban J connectivity index is 1.64. The highest BCUT2D eigenvalue weighted by Crippen LogP contribution is 2.26. The maximum absolute atomic E-state index is 6.05. The van der Waals surface area contributed by atoms with Crippen LogP contribution in [0.5, 0.6) is 0 Å². The molecule has 1 unspecified atom stereocenters. The number of rotatable bonds is 6. The Morgan fingerprint density at radius 2 is 1.77 bits per heavy atom. The van der Waals surface area contributed by atoms with Gasteiger partial charge in [-0.25, -0.2) is 0 Å². The van der Waals surface area contributed by atoms with Gasteiger partial charge in [-0.2, -0.15) is 4.98 Å². The molecule has 0 spiro atoms. The first-order valence-corrected chi connectivity index (χ1v) is 9.64. The van der Waals surface area contributed by atoms with Crippen molar-refractivity contribution in [3.63, 3.8) is 0 Å². The quantitative estimate of drug-likeness (QED) is 0.801. The van der Waals surface area contributed by atoms with Crippen molar-refractivity contribution in [3.05, 3.63) is 28.2 Å². The lowest BCUT2D eigenvalue weighted by atomic mass is 10.0. The van der Waals surface area contributed by atoms with E-state index >= 15 is 0 Å². The molecule has 0 aliphatic carbocycles. The molecule has 3 rings (SSSR count). The van der Waals surface area contributed by atoms with Gasteiger partial charge >= 0.3 is 6.01 Å². The van der Waals surface area contributed by atoms with Gasteiger partial charge in [0.2, 0.25) is 5.82 Å². The number of anilines is 1. The Bertz CT molecular complexity index is 708. The monoisotopic (exact) mass is 397 g/mol. The number of piperazine rings is 1. The summed E-state index contributed by atoms with van der Waals surface area (Å²) in [6.45, 7) is 9.62. The SMILES string of the molecule is CC(C)C(CNc1nc(-c2cc(Cl)cc(Cl)c2)no1)N1CCN(C)CC1. The third-order valence-corrected chi connectivity index (χ3v) is 5.22. The van der Waals surface area contributed by atoms with Crippen LogP contribution in [0, 0.1) is 5.92 Å². The fourth-order valence-electron chi connectivity index (χ4n) is 3.23. The Kier molecular flexibility index (Phi) is 6.40. The molecule has 1 aliphatic rings. The van der Waals surface area contributed by atoms with Crippen LogP contribution in [0.25, 0.3) is 11.4 Å². The van der Waals surface area contributed by atoms with Gasteiger partial charge in [-0.15, -0.1) is 0 Å². The van der Waals surface area contributed by atoms with E-state index in [9.17, 15) is 0 Å². The molecule has 26 heavy (non-hydrogen) atoms. The molecule has 1 saturated heterocycles. The Morgan fingerprint density at radius 3 is 2.38 bits per heavy atom. The molecule has 2 heterocycles. The molecular weight excluding hydrogens is 373 g/mol. The number of likely N-dealkylation sites (N-methyl/N-ethyl adjacent to an activating group) is 1. The number of nitrogens with zero attached hydrogens (tertiary/aromatic N) is 4. The second-order valence-electron chi connectivity index (χ2n) is 7.11. The first-order chi connectivity index (χ1) is 12.4. The molecule has 0 radical (unpaired) electrons. The average Bonchev–Trinajstić information content (AvgIpc) is 3.04. The highest BCUT2D eigenvalue weighted by molar-refractivity contribution is 6.35. The van der Waals surface area contributed by atoms with Gasteiger partial charge in [-0.3, -0.25) is 4.90 Å². The lowest BCUT2D eigenvalue weighted by Gasteiger charge is -2.39. The van der Waals surface area contributed by atoms with Crippen LogP contribution in [-0.4, -0.2) is 65.8 Å². The summed E-state index contributed by atoms with van der Waals surface area (Å²) in [4.78, 5) is 9.31. The molecule has 1 aromatic heterocycles. The zero-order valence-electron chi connectivity index (χ0n) is 15.4. The van der Waals surface area contributed by atoms with Gasteiger partial charge in [-0.1, -0.05) is 42.2 Å². The largest absolute Gasteiger partial charge is 0.336 e. The van der Waals surface area contributed by atoms with Gasteiger partial charge < -0.3 is 14.7 Å². The summed E-state index contributed by atoms with van der Waals surface area (Å²) in [6.07, 6.45) is 0. The smallest absolute Gasteiger partial charge is 0.321 e. The summed E-state index contributed by atoms with van der Waals surface area (Å²) in [5.41, 5.74) is 0.735. The van der Waals surface area contributed by atoms with Gasteiger partial charge in [0.05, 0.1) is 0 Å². The molecule has 0 bridgehead atoms. The molecule has 8 heteroatoms. The van der Waals surface area contributed by atoms with E-state index < -0.39 is 0 Å². The maximum atomic E-state index is 6.05. The van der Waals surface area contributed by atoms with Crippen LogP contribution in [0.1, 0.15) is 13.8 Å². The third kappa shape index (κ3) is 4.88. The van der Waals surface area contributed by atoms with Crippen LogP contribution in [0.15, 0.2) is 22.7 Å². The van der Waals surface area contributed by atoms with Crippen molar-refractivity contribution in [2.45, 2.75) is 19.9 Å². The number of hydrogen-bond donors (Lipinski definition) is 1. The summed E-state index contributed by atoms with van der Waals surface area (Å²) >= 11 is 12.1. The van der Waals surface area contributed by atoms with E-state index in [0.717, 1.165) is 38.3 Å². The number of aromatic nitrogens is 2. The highest BCUT2D eigenvalue weighted by Gasteiger charge is 2.25.